The second-order valence-electron chi connectivity index (χ2n) is 20.3. The van der Waals surface area contributed by atoms with E-state index in [2.05, 4.69) is 14.8 Å². The first-order valence-electron chi connectivity index (χ1n) is 28.6. The quantitative estimate of drug-likeness (QED) is 0.0175. The van der Waals surface area contributed by atoms with Crippen LogP contribution in [0.1, 0.15) is 93.4 Å². The molecule has 0 atom stereocenters. The van der Waals surface area contributed by atoms with E-state index in [1.54, 1.807) is 28.8 Å². The summed E-state index contributed by atoms with van der Waals surface area (Å²) in [6, 6.07) is 27.7. The average molecular weight is 1200 g/mol. The van der Waals surface area contributed by atoms with Gasteiger partial charge in [-0.2, -0.15) is 0 Å². The number of hydrogen-bond acceptors (Lipinski definition) is 14. The lowest BCUT2D eigenvalue weighted by Crippen LogP contribution is -2.29. The average Bonchev–Trinajstić information content (AvgIpc) is 2.23. The van der Waals surface area contributed by atoms with Gasteiger partial charge in [-0.05, 0) is 133 Å². The Balaban J connectivity index is 0.757. The van der Waals surface area contributed by atoms with Crippen LogP contribution < -0.4 is 20.1 Å². The Kier molecular flexibility index (Phi) is 23.6. The van der Waals surface area contributed by atoms with Crippen LogP contribution in [0.2, 0.25) is 5.02 Å². The maximum atomic E-state index is 13.6. The Morgan fingerprint density at radius 3 is 2.01 bits per heavy atom. The molecule has 4 aromatic carbocycles. The largest absolute Gasteiger partial charge is 0.744 e. The van der Waals surface area contributed by atoms with Crippen molar-refractivity contribution >= 4 is 76.7 Å². The summed E-state index contributed by atoms with van der Waals surface area (Å²) < 4.78 is 98.9. The van der Waals surface area contributed by atoms with E-state index in [1.165, 1.54) is 12.1 Å². The summed E-state index contributed by atoms with van der Waals surface area (Å²) in [6.07, 6.45) is 3.22. The number of amides is 1. The number of ketones is 1. The van der Waals surface area contributed by atoms with Crippen molar-refractivity contribution in [2.45, 2.75) is 96.3 Å². The summed E-state index contributed by atoms with van der Waals surface area (Å²) in [5, 5.41) is 5.89. The van der Waals surface area contributed by atoms with Gasteiger partial charge in [0, 0.05) is 101 Å². The molecule has 446 valence electrons. The number of fused-ring (bicyclic) bond motifs is 3. The molecule has 1 aromatic heterocycles. The maximum Gasteiger partial charge on any atom is 0.262 e. The lowest BCUT2D eigenvalue weighted by molar-refractivity contribution is -0.121. The predicted molar refractivity (Wildman–Crippen MR) is 323 cm³/mol. The molecular weight excluding hydrogens is 1120 g/mol. The van der Waals surface area contributed by atoms with Gasteiger partial charge < -0.3 is 38.1 Å². The molecule has 2 heterocycles. The van der Waals surface area contributed by atoms with E-state index in [-0.39, 0.29) is 66.5 Å². The summed E-state index contributed by atoms with van der Waals surface area (Å²) in [5.74, 6) is -0.0674. The highest BCUT2D eigenvalue weighted by atomic mass is 35.5. The van der Waals surface area contributed by atoms with Crippen molar-refractivity contribution in [3.63, 3.8) is 0 Å². The highest BCUT2D eigenvalue weighted by molar-refractivity contribution is 7.91. The molecule has 0 bridgehead atoms. The van der Waals surface area contributed by atoms with Crippen LogP contribution in [0.3, 0.4) is 0 Å². The predicted octanol–water partition coefficient (Wildman–Crippen LogP) is 9.79. The van der Waals surface area contributed by atoms with Crippen molar-refractivity contribution in [1.29, 1.82) is 0 Å². The van der Waals surface area contributed by atoms with Gasteiger partial charge in [-0.15, -0.1) is 0 Å². The fourth-order valence-electron chi connectivity index (χ4n) is 10.3. The number of ether oxygens (including phenoxy) is 4. The van der Waals surface area contributed by atoms with Crippen molar-refractivity contribution in [1.82, 2.24) is 14.5 Å². The van der Waals surface area contributed by atoms with Crippen LogP contribution in [0.25, 0.3) is 44.3 Å². The zero-order valence-corrected chi connectivity index (χ0v) is 50.8. The number of nitrogens with zero attached hydrogens (tertiary/aromatic N) is 3. The number of carbonyl (C=O) groups is 3. The number of rotatable bonds is 33. The fourth-order valence-corrected chi connectivity index (χ4v) is 12.5. The van der Waals surface area contributed by atoms with E-state index in [4.69, 9.17) is 35.0 Å². The number of benzene rings is 5. The van der Waals surface area contributed by atoms with Crippen LogP contribution in [0.5, 0.6) is 0 Å². The second kappa shape index (κ2) is 30.5. The van der Waals surface area contributed by atoms with Crippen LogP contribution in [0.15, 0.2) is 111 Å². The molecule has 0 unspecified atom stereocenters. The number of hydrogen-bond donors (Lipinski definition) is 1. The first-order chi connectivity index (χ1) is 39.9. The van der Waals surface area contributed by atoms with E-state index in [0.29, 0.717) is 97.3 Å². The highest BCUT2D eigenvalue weighted by Gasteiger charge is 2.26. The molecule has 17 nitrogen and oxygen atoms in total. The van der Waals surface area contributed by atoms with Gasteiger partial charge >= 0.3 is 0 Å². The molecule has 83 heavy (non-hydrogen) atoms. The highest BCUT2D eigenvalue weighted by Crippen LogP contribution is 2.44. The standard InChI is InChI=1S/C63H77ClN4O13S2/c1-7-66(8-2)48-21-24-52-58(40-48)81-59-41-49(67(9-3)10-4)22-25-53(59)62(52)54-26-23-51(42-60(54)83(74,75)76)82(72,73)38-14-30-77-32-34-79-36-37-80-35-33-78-31-28-50(69)15-12-11-13-29-65-61(70)43-55-45(6)68(57-27-16-44(5)39-56(55)57)63(71)46-17-19-47(64)20-18-46/h16-27,39-42H,7-15,28-38,43H2,1-6H3,(H-,65,70,74,75,76). The van der Waals surface area contributed by atoms with Crippen LogP contribution in [0.4, 0.5) is 5.69 Å². The molecule has 0 radical (unpaired) electrons. The molecule has 1 aliphatic carbocycles. The van der Waals surface area contributed by atoms with Crippen molar-refractivity contribution < 1.29 is 59.1 Å². The smallest absolute Gasteiger partial charge is 0.262 e. The van der Waals surface area contributed by atoms with E-state index in [1.807, 2.05) is 96.1 Å². The molecule has 2 aliphatic rings. The number of sulfone groups is 1. The Morgan fingerprint density at radius 2 is 1.35 bits per heavy atom. The number of anilines is 1. The van der Waals surface area contributed by atoms with Gasteiger partial charge in [-0.25, -0.2) is 21.4 Å². The minimum Gasteiger partial charge on any atom is -0.744 e. The van der Waals surface area contributed by atoms with Gasteiger partial charge in [-0.1, -0.05) is 35.7 Å². The molecule has 1 N–H and O–H groups in total. The molecule has 0 saturated heterocycles. The van der Waals surface area contributed by atoms with Crippen molar-refractivity contribution in [3.05, 3.63) is 130 Å². The van der Waals surface area contributed by atoms with Crippen LogP contribution in [0, 0.1) is 13.8 Å². The molecule has 1 aliphatic heterocycles. The van der Waals surface area contributed by atoms with E-state index >= 15 is 0 Å². The Labute approximate surface area is 492 Å². The number of unbranched alkanes of at least 4 members (excludes halogenated alkanes) is 2. The summed E-state index contributed by atoms with van der Waals surface area (Å²) in [7, 11) is -9.20. The molecule has 0 fully saturated rings. The monoisotopic (exact) mass is 1200 g/mol. The summed E-state index contributed by atoms with van der Waals surface area (Å²) in [4.78, 5) is 40.3. The third kappa shape index (κ3) is 17.0. The van der Waals surface area contributed by atoms with Gasteiger partial charge in [0.05, 0.1) is 79.8 Å². The molecule has 1 amide bonds. The van der Waals surface area contributed by atoms with Crippen molar-refractivity contribution in [3.8, 4) is 22.5 Å². The Bertz CT molecular complexity index is 3640. The van der Waals surface area contributed by atoms with Gasteiger partial charge in [0.2, 0.25) is 11.3 Å². The molecular formula is C63H77ClN4O13S2. The van der Waals surface area contributed by atoms with E-state index in [0.717, 1.165) is 83.9 Å². The van der Waals surface area contributed by atoms with Crippen LogP contribution >= 0.6 is 11.6 Å². The normalized spacial score (nSPS) is 12.0. The van der Waals surface area contributed by atoms with Crippen LogP contribution in [-0.4, -0.2) is 135 Å². The number of aromatic nitrogens is 1. The Morgan fingerprint density at radius 1 is 0.687 bits per heavy atom. The number of halogens is 1. The van der Waals surface area contributed by atoms with Crippen molar-refractivity contribution in [2.24, 2.45) is 0 Å². The zero-order chi connectivity index (χ0) is 59.7. The molecule has 0 saturated carbocycles. The summed E-state index contributed by atoms with van der Waals surface area (Å²) >= 11 is 6.05. The number of nitrogens with one attached hydrogen (secondary N) is 1. The first kappa shape index (κ1) is 64.3. The third-order valence-corrected chi connectivity index (χ3v) is 17.6. The van der Waals surface area contributed by atoms with Gasteiger partial charge in [0.1, 0.15) is 40.3 Å². The second-order valence-corrected chi connectivity index (χ2v) is 24.2. The lowest BCUT2D eigenvalue weighted by Gasteiger charge is -2.23. The van der Waals surface area contributed by atoms with Gasteiger partial charge in [-0.3, -0.25) is 19.0 Å². The maximum absolute atomic E-state index is 13.6. The number of aryl methyl sites for hydroxylation is 1. The topological polar surface area (TPSA) is 216 Å². The van der Waals surface area contributed by atoms with E-state index < -0.39 is 24.9 Å². The van der Waals surface area contributed by atoms with E-state index in [9.17, 15) is 35.8 Å². The van der Waals surface area contributed by atoms with Gasteiger partial charge in [0.25, 0.3) is 5.91 Å². The fraction of sp³-hybridized carbons (Fsp3) is 0.429. The molecule has 5 aromatic rings. The first-order valence-corrected chi connectivity index (χ1v) is 32.0. The summed E-state index contributed by atoms with van der Waals surface area (Å²) in [6.45, 7) is 17.7. The zero-order valence-electron chi connectivity index (χ0n) is 48.4. The Hall–Kier alpha value is -6.29. The molecule has 0 spiro atoms. The molecule has 7 rings (SSSR count). The molecule has 20 heteroatoms. The minimum atomic E-state index is -5.18. The third-order valence-electron chi connectivity index (χ3n) is 14.7. The SMILES string of the molecule is CCN(CC)c1ccc2c(-c3ccc(S(=O)(=O)CCCOCCOCCOCCOCCC(=O)CCCCCNC(=O)Cc4c(C)n(C(=O)c5ccc(Cl)cc5)c5ccc(C)cc45)cc3S(=O)(=O)[O-])c3ccc(=[N+](CC)CC)cc-3oc2c1. The minimum absolute atomic E-state index is 0.0807. The van der Waals surface area contributed by atoms with Crippen molar-refractivity contribution in [2.75, 3.05) is 96.2 Å². The number of carbonyl (C=O) groups excluding carboxylic acids is 3. The van der Waals surface area contributed by atoms with Crippen LogP contribution in [-0.2, 0) is 54.9 Å². The summed E-state index contributed by atoms with van der Waals surface area (Å²) in [5.41, 5.74) is 6.30. The lowest BCUT2D eigenvalue weighted by atomic mass is 9.93. The number of Topliss-reactive ketones (excluding diaryl/α,β-unsaturated/α-hetero) is 1. The van der Waals surface area contributed by atoms with Gasteiger partial charge in [0.15, 0.2) is 9.84 Å².